The maximum absolute atomic E-state index is 13.4. The quantitative estimate of drug-likeness (QED) is 0.131. The van der Waals surface area contributed by atoms with E-state index in [9.17, 15) is 14.8 Å². The van der Waals surface area contributed by atoms with Crippen LogP contribution in [-0.4, -0.2) is 15.9 Å². The van der Waals surface area contributed by atoms with Crippen LogP contribution in [0.4, 0.5) is 0 Å². The van der Waals surface area contributed by atoms with Gasteiger partial charge in [0, 0.05) is 35.8 Å². The van der Waals surface area contributed by atoms with E-state index in [1.165, 1.54) is 24.5 Å². The summed E-state index contributed by atoms with van der Waals surface area (Å²) in [5, 5.41) is 12.6. The normalized spacial score (nSPS) is 14.4. The molecule has 1 N–H and O–H groups in total. The van der Waals surface area contributed by atoms with Gasteiger partial charge >= 0.3 is 0 Å². The van der Waals surface area contributed by atoms with Gasteiger partial charge in [-0.1, -0.05) is 88.0 Å². The smallest absolute Gasteiger partial charge is 0.227 e. The average molecular weight is 543 g/mol. The molecule has 0 bridgehead atoms. The molecular weight excluding hydrogens is 500 g/mol. The highest BCUT2D eigenvalue weighted by Gasteiger charge is 2.25. The van der Waals surface area contributed by atoms with Crippen molar-refractivity contribution in [3.05, 3.63) is 111 Å². The lowest BCUT2D eigenvalue weighted by Crippen LogP contribution is -2.32. The summed E-state index contributed by atoms with van der Waals surface area (Å²) in [5.41, 5.74) is 4.33. The van der Waals surface area contributed by atoms with E-state index in [4.69, 9.17) is 4.84 Å². The second-order valence-corrected chi connectivity index (χ2v) is 11.1. The first-order chi connectivity index (χ1) is 19.1. The van der Waals surface area contributed by atoms with E-state index in [1.54, 1.807) is 17.1 Å². The van der Waals surface area contributed by atoms with Gasteiger partial charge in [0.1, 0.15) is 5.76 Å². The first-order valence-corrected chi connectivity index (χ1v) is 13.8. The fourth-order valence-corrected chi connectivity index (χ4v) is 3.93. The summed E-state index contributed by atoms with van der Waals surface area (Å²) < 4.78 is 0. The number of rotatable bonds is 11. The van der Waals surface area contributed by atoms with Crippen LogP contribution in [-0.2, 0) is 16.2 Å². The Morgan fingerprint density at radius 3 is 2.55 bits per heavy atom. The van der Waals surface area contributed by atoms with Gasteiger partial charge in [-0.3, -0.25) is 4.79 Å². The molecule has 0 saturated carbocycles. The van der Waals surface area contributed by atoms with E-state index in [2.05, 4.69) is 43.2 Å². The standard InChI is InChI=1S/C34H42N2O4/c1-7-9-12-26(3)15-16-27(11-8-2)17-18-28-19-21-29(22-20-28)25-36(33(38)24-34(4,5)6)30-13-10-14-31(37)32(23-30)40-35-39/h8,10-11,13,15-16,19-23,37H,7,9,12,14,24-25H2,1-6H3/b11-8-,26-15+,27-16+. The second-order valence-electron chi connectivity index (χ2n) is 11.1. The Bertz CT molecular complexity index is 1270. The molecule has 1 aliphatic rings. The Kier molecular flexibility index (Phi) is 12.9. The first kappa shape index (κ1) is 32.1. The minimum absolute atomic E-state index is 0.0745. The molecule has 1 aliphatic carbocycles. The molecule has 212 valence electrons. The number of benzene rings is 1. The molecule has 6 heteroatoms. The predicted octanol–water partition coefficient (Wildman–Crippen LogP) is 8.75. The van der Waals surface area contributed by atoms with Crippen LogP contribution in [0.25, 0.3) is 0 Å². The minimum Gasteiger partial charge on any atom is -0.508 e. The van der Waals surface area contributed by atoms with Gasteiger partial charge in [0.2, 0.25) is 11.7 Å². The molecule has 0 atom stereocenters. The van der Waals surface area contributed by atoms with Crippen molar-refractivity contribution >= 4 is 5.91 Å². The van der Waals surface area contributed by atoms with Gasteiger partial charge in [-0.2, -0.15) is 0 Å². The number of nitrogens with zero attached hydrogens (tertiary/aromatic N) is 2. The molecule has 0 aliphatic heterocycles. The lowest BCUT2D eigenvalue weighted by Gasteiger charge is -2.28. The third kappa shape index (κ3) is 11.3. The van der Waals surface area contributed by atoms with Gasteiger partial charge in [0.15, 0.2) is 5.34 Å². The number of carbonyl (C=O) groups excluding carboxylic acids is 1. The van der Waals surface area contributed by atoms with Crippen LogP contribution in [0.1, 0.15) is 84.8 Å². The largest absolute Gasteiger partial charge is 0.508 e. The van der Waals surface area contributed by atoms with Crippen molar-refractivity contribution in [1.82, 2.24) is 4.90 Å². The molecule has 0 fully saturated rings. The number of allylic oxidation sites excluding steroid dienone is 9. The number of aliphatic hydroxyl groups excluding tert-OH is 1. The van der Waals surface area contributed by atoms with Crippen molar-refractivity contribution < 1.29 is 14.7 Å². The fraction of sp³-hybridized carbons (Fsp3) is 0.382. The first-order valence-electron chi connectivity index (χ1n) is 13.8. The van der Waals surface area contributed by atoms with Crippen LogP contribution < -0.4 is 0 Å². The second kappa shape index (κ2) is 16.1. The van der Waals surface area contributed by atoms with Gasteiger partial charge in [-0.05, 0) is 62.0 Å². The summed E-state index contributed by atoms with van der Waals surface area (Å²) in [7, 11) is 0. The van der Waals surface area contributed by atoms with Gasteiger partial charge < -0.3 is 14.8 Å². The van der Waals surface area contributed by atoms with Crippen LogP contribution in [0.15, 0.2) is 100 Å². The lowest BCUT2D eigenvalue weighted by atomic mass is 9.91. The van der Waals surface area contributed by atoms with E-state index in [-0.39, 0.29) is 29.3 Å². The molecule has 2 rings (SSSR count). The Balaban J connectivity index is 2.32. The maximum atomic E-state index is 13.4. The Morgan fingerprint density at radius 1 is 1.20 bits per heavy atom. The van der Waals surface area contributed by atoms with Gasteiger partial charge in [0.05, 0.1) is 6.54 Å². The van der Waals surface area contributed by atoms with E-state index >= 15 is 0 Å². The molecule has 0 unspecified atom stereocenters. The zero-order chi connectivity index (χ0) is 29.5. The Morgan fingerprint density at radius 2 is 1.93 bits per heavy atom. The average Bonchev–Trinajstić information content (AvgIpc) is 3.08. The number of aliphatic hydroxyl groups is 1. The van der Waals surface area contributed by atoms with Crippen molar-refractivity contribution in [2.75, 3.05) is 0 Å². The molecule has 0 heterocycles. The minimum atomic E-state index is -0.229. The van der Waals surface area contributed by atoms with Crippen molar-refractivity contribution in [3.63, 3.8) is 0 Å². The SMILES string of the molecule is C\C=C/C(C#Cc1ccc(CN(C(=O)CC(C)(C)C)C2=CC(ON=O)=C(O)CC=C2)cc1)=C\C=C(/C)CCCC. The van der Waals surface area contributed by atoms with Crippen LogP contribution in [0.3, 0.4) is 0 Å². The van der Waals surface area contributed by atoms with Gasteiger partial charge in [0.25, 0.3) is 0 Å². The van der Waals surface area contributed by atoms with Crippen LogP contribution >= 0.6 is 0 Å². The zero-order valence-electron chi connectivity index (χ0n) is 24.7. The highest BCUT2D eigenvalue weighted by Crippen LogP contribution is 2.26. The number of hydrogen-bond acceptors (Lipinski definition) is 5. The molecule has 40 heavy (non-hydrogen) atoms. The molecule has 1 aromatic rings. The molecule has 6 nitrogen and oxygen atoms in total. The number of carbonyl (C=O) groups is 1. The highest BCUT2D eigenvalue weighted by atomic mass is 16.7. The van der Waals surface area contributed by atoms with Crippen molar-refractivity contribution in [1.29, 1.82) is 0 Å². The van der Waals surface area contributed by atoms with Crippen LogP contribution in [0.2, 0.25) is 0 Å². The van der Waals surface area contributed by atoms with Crippen molar-refractivity contribution in [2.24, 2.45) is 10.8 Å². The zero-order valence-corrected chi connectivity index (χ0v) is 24.7. The summed E-state index contributed by atoms with van der Waals surface area (Å²) in [6, 6.07) is 7.79. The predicted molar refractivity (Wildman–Crippen MR) is 162 cm³/mol. The molecular formula is C34H42N2O4. The molecule has 0 spiro atoms. The molecule has 1 aromatic carbocycles. The number of amides is 1. The number of hydrogen-bond donors (Lipinski definition) is 1. The summed E-state index contributed by atoms with van der Waals surface area (Å²) >= 11 is 0. The van der Waals surface area contributed by atoms with Crippen LogP contribution in [0.5, 0.6) is 0 Å². The molecule has 0 radical (unpaired) electrons. The Labute approximate surface area is 239 Å². The summed E-state index contributed by atoms with van der Waals surface area (Å²) in [5.74, 6) is 6.20. The van der Waals surface area contributed by atoms with E-state index in [1.807, 2.05) is 64.1 Å². The summed E-state index contributed by atoms with van der Waals surface area (Å²) in [6.07, 6.45) is 17.0. The molecule has 0 aromatic heterocycles. The van der Waals surface area contributed by atoms with E-state index in [0.29, 0.717) is 18.7 Å². The van der Waals surface area contributed by atoms with Crippen molar-refractivity contribution in [3.8, 4) is 11.8 Å². The summed E-state index contributed by atoms with van der Waals surface area (Å²) in [6.45, 7) is 12.6. The maximum Gasteiger partial charge on any atom is 0.227 e. The van der Waals surface area contributed by atoms with E-state index < -0.39 is 0 Å². The topological polar surface area (TPSA) is 79.2 Å². The van der Waals surface area contributed by atoms with Crippen LogP contribution in [0, 0.1) is 22.2 Å². The summed E-state index contributed by atoms with van der Waals surface area (Å²) in [4.78, 5) is 30.5. The highest BCUT2D eigenvalue weighted by molar-refractivity contribution is 5.79. The van der Waals surface area contributed by atoms with Gasteiger partial charge in [-0.15, -0.1) is 4.91 Å². The third-order valence-electron chi connectivity index (χ3n) is 6.06. The van der Waals surface area contributed by atoms with Crippen molar-refractivity contribution in [2.45, 2.75) is 80.2 Å². The lowest BCUT2D eigenvalue weighted by molar-refractivity contribution is -0.131. The number of unbranched alkanes of at least 4 members (excludes halogenated alkanes) is 1. The third-order valence-corrected chi connectivity index (χ3v) is 6.06. The fourth-order valence-electron chi connectivity index (χ4n) is 3.93. The molecule has 0 saturated heterocycles. The monoisotopic (exact) mass is 542 g/mol. The Hall–Kier alpha value is -4.11. The molecule has 1 amide bonds. The van der Waals surface area contributed by atoms with E-state index in [0.717, 1.165) is 23.1 Å². The van der Waals surface area contributed by atoms with Gasteiger partial charge in [-0.25, -0.2) is 0 Å².